The van der Waals surface area contributed by atoms with E-state index in [0.29, 0.717) is 0 Å². The van der Waals surface area contributed by atoms with Crippen molar-refractivity contribution in [2.24, 2.45) is 11.5 Å². The van der Waals surface area contributed by atoms with E-state index in [9.17, 15) is 14.4 Å². The molecule has 1 aromatic rings. The van der Waals surface area contributed by atoms with Crippen molar-refractivity contribution in [3.05, 3.63) is 32.7 Å². The summed E-state index contributed by atoms with van der Waals surface area (Å²) in [4.78, 5) is 36.1. The van der Waals surface area contributed by atoms with Crippen molar-refractivity contribution in [3.63, 3.8) is 0 Å². The van der Waals surface area contributed by atoms with Gasteiger partial charge >= 0.3 is 0 Å². The molecule has 6 heteroatoms. The van der Waals surface area contributed by atoms with Crippen molar-refractivity contribution in [1.29, 1.82) is 0 Å². The number of hydrogen-bond donors (Lipinski definition) is 3. The second-order valence-electron chi connectivity index (χ2n) is 3.18. The molecule has 0 saturated carbocycles. The lowest BCUT2D eigenvalue weighted by Crippen LogP contribution is -2.29. The third kappa shape index (κ3) is 1.74. The maximum absolute atomic E-state index is 11.6. The first-order valence-corrected chi connectivity index (χ1v) is 4.19. The summed E-state index contributed by atoms with van der Waals surface area (Å²) >= 11 is 0. The quantitative estimate of drug-likeness (QED) is 0.590. The topological polar surface area (TPSA) is 119 Å². The highest BCUT2D eigenvalue weighted by Gasteiger charge is 2.17. The minimum Gasteiger partial charge on any atom is -0.365 e. The maximum atomic E-state index is 11.6. The average Bonchev–Trinajstić information content (AvgIpc) is 2.10. The van der Waals surface area contributed by atoms with Crippen LogP contribution in [0.4, 0.5) is 0 Å². The van der Waals surface area contributed by atoms with E-state index in [1.54, 1.807) is 0 Å². The Bertz CT molecular complexity index is 502. The minimum absolute atomic E-state index is 0.00231. The molecular weight excluding hydrogens is 198 g/mol. The van der Waals surface area contributed by atoms with E-state index >= 15 is 0 Å². The van der Waals surface area contributed by atoms with Gasteiger partial charge in [0.2, 0.25) is 0 Å². The Morgan fingerprint density at radius 1 is 1.13 bits per heavy atom. The van der Waals surface area contributed by atoms with Crippen LogP contribution >= 0.6 is 0 Å². The number of nitrogens with two attached hydrogens (primary N) is 2. The van der Waals surface area contributed by atoms with Crippen LogP contribution in [0.5, 0.6) is 0 Å². The van der Waals surface area contributed by atoms with E-state index in [1.165, 1.54) is 13.8 Å². The standard InChI is InChI=1S/C9H11N3O3/c1-3-6(9(11)15)12-4(2)5(7(3)13)8(10)14/h1-2H3,(H2,10,14)(H2,11,15)(H,12,13). The van der Waals surface area contributed by atoms with E-state index in [4.69, 9.17) is 11.5 Å². The van der Waals surface area contributed by atoms with E-state index in [1.807, 2.05) is 0 Å². The molecule has 0 aliphatic carbocycles. The Hall–Kier alpha value is -2.11. The zero-order valence-corrected chi connectivity index (χ0v) is 8.38. The highest BCUT2D eigenvalue weighted by molar-refractivity contribution is 5.96. The Kier molecular flexibility index (Phi) is 2.61. The van der Waals surface area contributed by atoms with E-state index < -0.39 is 17.2 Å². The summed E-state index contributed by atoms with van der Waals surface area (Å²) < 4.78 is 0. The molecule has 0 saturated heterocycles. The first-order chi connectivity index (χ1) is 6.86. The summed E-state index contributed by atoms with van der Waals surface area (Å²) in [6.45, 7) is 2.89. The lowest BCUT2D eigenvalue weighted by Gasteiger charge is -2.06. The van der Waals surface area contributed by atoms with Crippen molar-refractivity contribution in [2.75, 3.05) is 0 Å². The maximum Gasteiger partial charge on any atom is 0.265 e. The molecule has 0 aromatic carbocycles. The Balaban J connectivity index is 3.66. The number of amides is 2. The molecule has 0 atom stereocenters. The van der Waals surface area contributed by atoms with Crippen LogP contribution in [0.2, 0.25) is 0 Å². The molecule has 0 radical (unpaired) electrons. The summed E-state index contributed by atoms with van der Waals surface area (Å²) in [5, 5.41) is 0. The summed E-state index contributed by atoms with van der Waals surface area (Å²) in [6.07, 6.45) is 0. The fraction of sp³-hybridized carbons (Fsp3) is 0.222. The Morgan fingerprint density at radius 3 is 2.07 bits per heavy atom. The fourth-order valence-electron chi connectivity index (χ4n) is 1.36. The predicted octanol–water partition coefficient (Wildman–Crippen LogP) is -0.810. The molecule has 2 amide bonds. The fourth-order valence-corrected chi connectivity index (χ4v) is 1.36. The molecule has 5 N–H and O–H groups in total. The number of hydrogen-bond acceptors (Lipinski definition) is 3. The minimum atomic E-state index is -0.826. The largest absolute Gasteiger partial charge is 0.365 e. The number of aromatic nitrogens is 1. The van der Waals surface area contributed by atoms with Gasteiger partial charge in [-0.05, 0) is 13.8 Å². The average molecular weight is 209 g/mol. The number of carbonyl (C=O) groups is 2. The normalized spacial score (nSPS) is 10.0. The summed E-state index contributed by atoms with van der Waals surface area (Å²) in [7, 11) is 0. The molecule has 0 spiro atoms. The molecule has 0 fully saturated rings. The highest BCUT2D eigenvalue weighted by Crippen LogP contribution is 2.05. The lowest BCUT2D eigenvalue weighted by atomic mass is 10.1. The SMILES string of the molecule is Cc1[nH]c(C(N)=O)c(C)c(=O)c1C(N)=O. The van der Waals surface area contributed by atoms with Gasteiger partial charge < -0.3 is 16.5 Å². The Morgan fingerprint density at radius 2 is 1.67 bits per heavy atom. The van der Waals surface area contributed by atoms with Crippen LogP contribution in [-0.2, 0) is 0 Å². The van der Waals surface area contributed by atoms with Gasteiger partial charge in [0.15, 0.2) is 5.43 Å². The molecule has 15 heavy (non-hydrogen) atoms. The van der Waals surface area contributed by atoms with Gasteiger partial charge in [0.25, 0.3) is 11.8 Å². The number of H-pyrrole nitrogens is 1. The predicted molar refractivity (Wildman–Crippen MR) is 53.6 cm³/mol. The first-order valence-electron chi connectivity index (χ1n) is 4.19. The van der Waals surface area contributed by atoms with Crippen molar-refractivity contribution >= 4 is 11.8 Å². The molecule has 1 aromatic heterocycles. The number of carbonyl (C=O) groups excluding carboxylic acids is 2. The van der Waals surface area contributed by atoms with Gasteiger partial charge in [0, 0.05) is 11.3 Å². The summed E-state index contributed by atoms with van der Waals surface area (Å²) in [5.41, 5.74) is 9.73. The van der Waals surface area contributed by atoms with Crippen molar-refractivity contribution in [3.8, 4) is 0 Å². The highest BCUT2D eigenvalue weighted by atomic mass is 16.2. The smallest absolute Gasteiger partial charge is 0.265 e. The number of rotatable bonds is 2. The van der Waals surface area contributed by atoms with Crippen LogP contribution < -0.4 is 16.9 Å². The van der Waals surface area contributed by atoms with Crippen LogP contribution in [0.3, 0.4) is 0 Å². The zero-order valence-electron chi connectivity index (χ0n) is 8.38. The molecular formula is C9H11N3O3. The lowest BCUT2D eigenvalue weighted by molar-refractivity contribution is 0.0982. The van der Waals surface area contributed by atoms with Gasteiger partial charge in [-0.2, -0.15) is 0 Å². The van der Waals surface area contributed by atoms with Gasteiger partial charge in [-0.25, -0.2) is 0 Å². The summed E-state index contributed by atoms with van der Waals surface area (Å²) in [5.74, 6) is -1.57. The van der Waals surface area contributed by atoms with Crippen LogP contribution in [0.25, 0.3) is 0 Å². The molecule has 6 nitrogen and oxygen atoms in total. The zero-order chi connectivity index (χ0) is 11.7. The van der Waals surface area contributed by atoms with Gasteiger partial charge in [-0.3, -0.25) is 14.4 Å². The third-order valence-electron chi connectivity index (χ3n) is 2.12. The second-order valence-corrected chi connectivity index (χ2v) is 3.18. The van der Waals surface area contributed by atoms with Gasteiger partial charge in [0.1, 0.15) is 11.3 Å². The van der Waals surface area contributed by atoms with E-state index in [2.05, 4.69) is 4.98 Å². The second kappa shape index (κ2) is 3.56. The number of pyridine rings is 1. The van der Waals surface area contributed by atoms with E-state index in [-0.39, 0.29) is 22.5 Å². The number of primary amides is 2. The molecule has 0 aliphatic rings. The third-order valence-corrected chi connectivity index (χ3v) is 2.12. The number of aryl methyl sites for hydroxylation is 1. The molecule has 0 unspecified atom stereocenters. The monoisotopic (exact) mass is 209 g/mol. The molecule has 1 rings (SSSR count). The molecule has 1 heterocycles. The number of aromatic amines is 1. The van der Waals surface area contributed by atoms with Gasteiger partial charge in [-0.15, -0.1) is 0 Å². The van der Waals surface area contributed by atoms with Crippen LogP contribution in [-0.4, -0.2) is 16.8 Å². The van der Waals surface area contributed by atoms with E-state index in [0.717, 1.165) is 0 Å². The van der Waals surface area contributed by atoms with Gasteiger partial charge in [-0.1, -0.05) is 0 Å². The summed E-state index contributed by atoms with van der Waals surface area (Å²) in [6, 6.07) is 0. The van der Waals surface area contributed by atoms with Crippen LogP contribution in [0.15, 0.2) is 4.79 Å². The van der Waals surface area contributed by atoms with Crippen molar-refractivity contribution in [2.45, 2.75) is 13.8 Å². The van der Waals surface area contributed by atoms with Gasteiger partial charge in [0.05, 0.1) is 0 Å². The molecule has 0 aliphatic heterocycles. The first kappa shape index (κ1) is 11.0. The van der Waals surface area contributed by atoms with Crippen LogP contribution in [0.1, 0.15) is 32.1 Å². The molecule has 80 valence electrons. The number of nitrogens with one attached hydrogen (secondary N) is 1. The van der Waals surface area contributed by atoms with Crippen LogP contribution in [0, 0.1) is 13.8 Å². The van der Waals surface area contributed by atoms with Crippen molar-refractivity contribution in [1.82, 2.24) is 4.98 Å². The van der Waals surface area contributed by atoms with Crippen molar-refractivity contribution < 1.29 is 9.59 Å². The Labute approximate surface area is 85.3 Å². The molecule has 0 bridgehead atoms.